The third-order valence-electron chi connectivity index (χ3n) is 4.07. The standard InChI is InChI=1S/C16H20O6/c1-10(2)15(18)20-7-8-21-16(19)13-11-3-5-12(6-4-11)14(13)22-9-17/h3,5,9,11-14H,1,4,6-8H2,2H3. The zero-order valence-corrected chi connectivity index (χ0v) is 12.5. The Kier molecular flexibility index (Phi) is 5.35. The van der Waals surface area contributed by atoms with Gasteiger partial charge in [0.1, 0.15) is 25.2 Å². The highest BCUT2D eigenvalue weighted by molar-refractivity contribution is 5.86. The fourth-order valence-corrected chi connectivity index (χ4v) is 3.00. The minimum absolute atomic E-state index is 0.0205. The average molecular weight is 308 g/mol. The molecule has 4 atom stereocenters. The molecule has 1 fully saturated rings. The number of carbonyl (C=O) groups is 3. The zero-order chi connectivity index (χ0) is 16.1. The van der Waals surface area contributed by atoms with Crippen molar-refractivity contribution in [2.75, 3.05) is 13.2 Å². The molecule has 0 radical (unpaired) electrons. The van der Waals surface area contributed by atoms with Crippen LogP contribution in [0.4, 0.5) is 0 Å². The molecule has 0 aromatic carbocycles. The normalized spacial score (nSPS) is 28.8. The summed E-state index contributed by atoms with van der Waals surface area (Å²) in [5.41, 5.74) is 0.292. The van der Waals surface area contributed by atoms with E-state index in [2.05, 4.69) is 6.58 Å². The number of allylic oxidation sites excluding steroid dienone is 1. The maximum absolute atomic E-state index is 12.2. The Morgan fingerprint density at radius 2 is 1.82 bits per heavy atom. The van der Waals surface area contributed by atoms with Crippen molar-refractivity contribution in [2.45, 2.75) is 25.9 Å². The summed E-state index contributed by atoms with van der Waals surface area (Å²) in [4.78, 5) is 34.1. The third kappa shape index (κ3) is 3.55. The highest BCUT2D eigenvalue weighted by Crippen LogP contribution is 2.42. The van der Waals surface area contributed by atoms with E-state index in [9.17, 15) is 14.4 Å². The number of rotatable bonds is 7. The fraction of sp³-hybridized carbons (Fsp3) is 0.562. The van der Waals surface area contributed by atoms with E-state index >= 15 is 0 Å². The minimum Gasteiger partial charge on any atom is -0.463 e. The molecule has 22 heavy (non-hydrogen) atoms. The second kappa shape index (κ2) is 7.24. The summed E-state index contributed by atoms with van der Waals surface area (Å²) in [6.45, 7) is 5.34. The van der Waals surface area contributed by atoms with Crippen LogP contribution in [-0.4, -0.2) is 37.7 Å². The predicted octanol–water partition coefficient (Wildman–Crippen LogP) is 1.40. The molecular weight excluding hydrogens is 288 g/mol. The summed E-state index contributed by atoms with van der Waals surface area (Å²) < 4.78 is 15.1. The lowest BCUT2D eigenvalue weighted by Gasteiger charge is -2.41. The first-order chi connectivity index (χ1) is 10.5. The molecule has 0 saturated heterocycles. The second-order valence-corrected chi connectivity index (χ2v) is 5.60. The molecule has 6 nitrogen and oxygen atoms in total. The van der Waals surface area contributed by atoms with Crippen LogP contribution < -0.4 is 0 Å². The molecule has 2 bridgehead atoms. The van der Waals surface area contributed by atoms with Crippen LogP contribution in [0.15, 0.2) is 24.3 Å². The molecule has 0 aromatic rings. The van der Waals surface area contributed by atoms with E-state index in [0.29, 0.717) is 12.0 Å². The zero-order valence-electron chi connectivity index (χ0n) is 12.5. The summed E-state index contributed by atoms with van der Waals surface area (Å²) >= 11 is 0. The molecule has 0 amide bonds. The van der Waals surface area contributed by atoms with Gasteiger partial charge in [-0.3, -0.25) is 9.59 Å². The van der Waals surface area contributed by atoms with Gasteiger partial charge in [0, 0.05) is 11.5 Å². The molecular formula is C16H20O6. The van der Waals surface area contributed by atoms with E-state index in [1.54, 1.807) is 6.92 Å². The first-order valence-corrected chi connectivity index (χ1v) is 7.31. The van der Waals surface area contributed by atoms with Gasteiger partial charge in [-0.2, -0.15) is 0 Å². The van der Waals surface area contributed by atoms with Gasteiger partial charge >= 0.3 is 11.9 Å². The Labute approximate surface area is 129 Å². The Morgan fingerprint density at radius 1 is 1.18 bits per heavy atom. The summed E-state index contributed by atoms with van der Waals surface area (Å²) in [5.74, 6) is -1.32. The highest BCUT2D eigenvalue weighted by Gasteiger charge is 2.46. The van der Waals surface area contributed by atoms with Crippen LogP contribution in [0.5, 0.6) is 0 Å². The number of ether oxygens (including phenoxy) is 3. The summed E-state index contributed by atoms with van der Waals surface area (Å²) in [5, 5.41) is 0. The van der Waals surface area contributed by atoms with Gasteiger partial charge in [-0.25, -0.2) is 4.79 Å². The quantitative estimate of drug-likeness (QED) is 0.177. The Bertz CT molecular complexity index is 495. The van der Waals surface area contributed by atoms with Crippen molar-refractivity contribution in [3.05, 3.63) is 24.3 Å². The van der Waals surface area contributed by atoms with Crippen molar-refractivity contribution < 1.29 is 28.6 Å². The van der Waals surface area contributed by atoms with Crippen LogP contribution in [0.25, 0.3) is 0 Å². The lowest BCUT2D eigenvalue weighted by molar-refractivity contribution is -0.167. The Balaban J connectivity index is 1.85. The molecule has 1 saturated carbocycles. The van der Waals surface area contributed by atoms with Crippen LogP contribution in [0.1, 0.15) is 19.8 Å². The molecule has 0 N–H and O–H groups in total. The molecule has 0 aliphatic heterocycles. The van der Waals surface area contributed by atoms with Crippen LogP contribution >= 0.6 is 0 Å². The van der Waals surface area contributed by atoms with E-state index in [4.69, 9.17) is 14.2 Å². The van der Waals surface area contributed by atoms with E-state index in [0.717, 1.165) is 12.8 Å². The van der Waals surface area contributed by atoms with Gasteiger partial charge in [0.05, 0.1) is 0 Å². The fourth-order valence-electron chi connectivity index (χ4n) is 3.00. The van der Waals surface area contributed by atoms with Crippen molar-refractivity contribution in [3.8, 4) is 0 Å². The summed E-state index contributed by atoms with van der Waals surface area (Å²) in [7, 11) is 0. The van der Waals surface area contributed by atoms with Gasteiger partial charge in [-0.15, -0.1) is 0 Å². The van der Waals surface area contributed by atoms with Gasteiger partial charge in [-0.1, -0.05) is 18.7 Å². The van der Waals surface area contributed by atoms with Crippen LogP contribution in [-0.2, 0) is 28.6 Å². The van der Waals surface area contributed by atoms with Gasteiger partial charge in [0.2, 0.25) is 0 Å². The lowest BCUT2D eigenvalue weighted by atomic mass is 9.67. The van der Waals surface area contributed by atoms with E-state index in [1.165, 1.54) is 0 Å². The van der Waals surface area contributed by atoms with Gasteiger partial charge in [0.25, 0.3) is 6.47 Å². The number of hydrogen-bond donors (Lipinski definition) is 0. The SMILES string of the molecule is C=C(C)C(=O)OCCOC(=O)C1C2C=CC(CC2)C1OC=O. The molecule has 6 heteroatoms. The topological polar surface area (TPSA) is 78.9 Å². The molecule has 3 aliphatic rings. The van der Waals surface area contributed by atoms with Crippen molar-refractivity contribution in [2.24, 2.45) is 17.8 Å². The Hall–Kier alpha value is -2.11. The first kappa shape index (κ1) is 16.3. The second-order valence-electron chi connectivity index (χ2n) is 5.60. The third-order valence-corrected chi connectivity index (χ3v) is 4.07. The largest absolute Gasteiger partial charge is 0.463 e. The molecule has 120 valence electrons. The van der Waals surface area contributed by atoms with E-state index in [1.807, 2.05) is 12.2 Å². The van der Waals surface area contributed by atoms with E-state index < -0.39 is 24.0 Å². The number of esters is 2. The summed E-state index contributed by atoms with van der Waals surface area (Å²) in [6, 6.07) is 0. The van der Waals surface area contributed by atoms with Gasteiger partial charge in [-0.05, 0) is 25.7 Å². The van der Waals surface area contributed by atoms with Crippen molar-refractivity contribution >= 4 is 18.4 Å². The number of fused-ring (bicyclic) bond motifs is 2. The predicted molar refractivity (Wildman–Crippen MR) is 76.5 cm³/mol. The van der Waals surface area contributed by atoms with Crippen molar-refractivity contribution in [3.63, 3.8) is 0 Å². The van der Waals surface area contributed by atoms with Gasteiger partial charge < -0.3 is 14.2 Å². The average Bonchev–Trinajstić information content (AvgIpc) is 2.52. The van der Waals surface area contributed by atoms with Crippen molar-refractivity contribution in [1.29, 1.82) is 0 Å². The molecule has 3 aliphatic carbocycles. The smallest absolute Gasteiger partial charge is 0.333 e. The maximum Gasteiger partial charge on any atom is 0.333 e. The number of hydrogen-bond acceptors (Lipinski definition) is 6. The lowest BCUT2D eigenvalue weighted by Crippen LogP contribution is -2.47. The Morgan fingerprint density at radius 3 is 2.41 bits per heavy atom. The maximum atomic E-state index is 12.2. The first-order valence-electron chi connectivity index (χ1n) is 7.31. The van der Waals surface area contributed by atoms with Crippen LogP contribution in [0.3, 0.4) is 0 Å². The molecule has 4 unspecified atom stereocenters. The number of carbonyl (C=O) groups excluding carboxylic acids is 3. The molecule has 0 heterocycles. The van der Waals surface area contributed by atoms with E-state index in [-0.39, 0.29) is 25.0 Å². The molecule has 0 aromatic heterocycles. The highest BCUT2D eigenvalue weighted by atomic mass is 16.6. The minimum atomic E-state index is -0.516. The molecule has 0 spiro atoms. The van der Waals surface area contributed by atoms with Crippen LogP contribution in [0, 0.1) is 17.8 Å². The molecule has 3 rings (SSSR count). The summed E-state index contributed by atoms with van der Waals surface area (Å²) in [6.07, 6.45) is 5.31. The van der Waals surface area contributed by atoms with Gasteiger partial charge in [0.15, 0.2) is 0 Å². The van der Waals surface area contributed by atoms with Crippen molar-refractivity contribution in [1.82, 2.24) is 0 Å². The van der Waals surface area contributed by atoms with Crippen LogP contribution in [0.2, 0.25) is 0 Å². The monoisotopic (exact) mass is 308 g/mol.